The molecule has 1 aromatic heterocycles. The number of rotatable bonds is 5. The van der Waals surface area contributed by atoms with Crippen molar-refractivity contribution in [2.45, 2.75) is 13.8 Å². The highest BCUT2D eigenvalue weighted by Crippen LogP contribution is 2.34. The molecule has 1 heterocycles. The molecule has 5 heteroatoms. The number of hydrogen-bond donors (Lipinski definition) is 1. The van der Waals surface area contributed by atoms with E-state index < -0.39 is 0 Å². The quantitative estimate of drug-likeness (QED) is 0.845. The van der Waals surface area contributed by atoms with Crippen LogP contribution in [0.4, 0.5) is 5.13 Å². The zero-order valence-corrected chi connectivity index (χ0v) is 12.0. The monoisotopic (exact) mass is 266 g/mol. The molecule has 0 atom stereocenters. The third-order valence-corrected chi connectivity index (χ3v) is 3.97. The van der Waals surface area contributed by atoms with Crippen molar-refractivity contribution in [2.75, 3.05) is 32.7 Å². The fourth-order valence-corrected chi connectivity index (χ4v) is 2.82. The smallest absolute Gasteiger partial charge is 0.183 e. The van der Waals surface area contributed by atoms with E-state index in [4.69, 9.17) is 9.47 Å². The van der Waals surface area contributed by atoms with Gasteiger partial charge >= 0.3 is 0 Å². The Morgan fingerprint density at radius 2 is 2.06 bits per heavy atom. The number of anilines is 1. The van der Waals surface area contributed by atoms with Crippen molar-refractivity contribution in [1.82, 2.24) is 4.98 Å². The lowest BCUT2D eigenvalue weighted by Crippen LogP contribution is -2.06. The molecule has 0 aliphatic heterocycles. The van der Waals surface area contributed by atoms with Gasteiger partial charge in [-0.05, 0) is 31.0 Å². The molecular formula is C13H18N2O2S. The van der Waals surface area contributed by atoms with Crippen molar-refractivity contribution in [3.8, 4) is 5.75 Å². The van der Waals surface area contributed by atoms with Gasteiger partial charge in [0, 0.05) is 13.7 Å². The number of hydrogen-bond acceptors (Lipinski definition) is 5. The lowest BCUT2D eigenvalue weighted by molar-refractivity contribution is 0.211. The number of benzene rings is 1. The zero-order chi connectivity index (χ0) is 13.1. The first-order valence-corrected chi connectivity index (χ1v) is 6.66. The first kappa shape index (κ1) is 13.1. The largest absolute Gasteiger partial charge is 0.496 e. The number of methoxy groups -OCH3 is 2. The van der Waals surface area contributed by atoms with Crippen LogP contribution in [0.1, 0.15) is 11.1 Å². The summed E-state index contributed by atoms with van der Waals surface area (Å²) in [5, 5.41) is 4.19. The Morgan fingerprint density at radius 3 is 2.72 bits per heavy atom. The molecule has 18 heavy (non-hydrogen) atoms. The molecule has 0 aliphatic carbocycles. The van der Waals surface area contributed by atoms with Gasteiger partial charge in [-0.3, -0.25) is 0 Å². The molecule has 2 aromatic rings. The lowest BCUT2D eigenvalue weighted by Gasteiger charge is -2.07. The molecule has 2 rings (SSSR count). The highest BCUT2D eigenvalue weighted by molar-refractivity contribution is 7.22. The molecule has 0 bridgehead atoms. The van der Waals surface area contributed by atoms with Crippen molar-refractivity contribution < 1.29 is 9.47 Å². The Bertz CT molecular complexity index is 551. The van der Waals surface area contributed by atoms with E-state index in [0.717, 1.165) is 33.2 Å². The van der Waals surface area contributed by atoms with Crippen molar-refractivity contribution in [2.24, 2.45) is 0 Å². The van der Waals surface area contributed by atoms with E-state index in [0.29, 0.717) is 6.61 Å². The maximum atomic E-state index is 5.38. The van der Waals surface area contributed by atoms with Gasteiger partial charge in [0.15, 0.2) is 5.13 Å². The molecule has 0 radical (unpaired) electrons. The van der Waals surface area contributed by atoms with Crippen LogP contribution in [0.2, 0.25) is 0 Å². The molecule has 1 aromatic carbocycles. The zero-order valence-electron chi connectivity index (χ0n) is 11.2. The van der Waals surface area contributed by atoms with E-state index in [1.807, 2.05) is 0 Å². The maximum absolute atomic E-state index is 5.38. The molecular weight excluding hydrogens is 248 g/mol. The topological polar surface area (TPSA) is 43.4 Å². The van der Waals surface area contributed by atoms with Crippen LogP contribution in [-0.2, 0) is 4.74 Å². The standard InChI is InChI=1S/C13H18N2O2S/c1-8-9(2)12-11(7-10(8)17-4)18-13(15-12)14-5-6-16-3/h7H,5-6H2,1-4H3,(H,14,15). The van der Waals surface area contributed by atoms with Crippen LogP contribution in [0.3, 0.4) is 0 Å². The summed E-state index contributed by atoms with van der Waals surface area (Å²) in [6, 6.07) is 2.05. The first-order chi connectivity index (χ1) is 8.67. The summed E-state index contributed by atoms with van der Waals surface area (Å²) in [7, 11) is 3.39. The van der Waals surface area contributed by atoms with Crippen LogP contribution in [0.5, 0.6) is 5.75 Å². The van der Waals surface area contributed by atoms with E-state index in [2.05, 4.69) is 30.2 Å². The molecule has 0 spiro atoms. The Hall–Kier alpha value is -1.33. The van der Waals surface area contributed by atoms with Crippen LogP contribution in [0.25, 0.3) is 10.2 Å². The SMILES string of the molecule is COCCNc1nc2c(C)c(C)c(OC)cc2s1. The third-order valence-electron chi connectivity index (χ3n) is 3.01. The number of thiazole rings is 1. The number of ether oxygens (including phenoxy) is 2. The minimum Gasteiger partial charge on any atom is -0.496 e. The second-order valence-corrected chi connectivity index (χ2v) is 5.14. The summed E-state index contributed by atoms with van der Waals surface area (Å²) in [5.74, 6) is 0.923. The predicted molar refractivity (Wildman–Crippen MR) is 76.0 cm³/mol. The van der Waals surface area contributed by atoms with Crippen LogP contribution in [-0.4, -0.2) is 32.4 Å². The maximum Gasteiger partial charge on any atom is 0.183 e. The fourth-order valence-electron chi connectivity index (χ4n) is 1.84. The number of aromatic nitrogens is 1. The third kappa shape index (κ3) is 2.42. The summed E-state index contributed by atoms with van der Waals surface area (Å²) < 4.78 is 11.5. The van der Waals surface area contributed by atoms with E-state index in [1.54, 1.807) is 25.6 Å². The molecule has 0 saturated carbocycles. The van der Waals surface area contributed by atoms with Gasteiger partial charge in [0.25, 0.3) is 0 Å². The summed E-state index contributed by atoms with van der Waals surface area (Å²) in [6.45, 7) is 5.59. The van der Waals surface area contributed by atoms with E-state index >= 15 is 0 Å². The summed E-state index contributed by atoms with van der Waals surface area (Å²) >= 11 is 1.64. The van der Waals surface area contributed by atoms with Gasteiger partial charge in [-0.2, -0.15) is 0 Å². The number of fused-ring (bicyclic) bond motifs is 1. The molecule has 1 N–H and O–H groups in total. The minimum absolute atomic E-state index is 0.678. The molecule has 0 aliphatic rings. The van der Waals surface area contributed by atoms with Crippen molar-refractivity contribution in [3.63, 3.8) is 0 Å². The van der Waals surface area contributed by atoms with Gasteiger partial charge in [0.2, 0.25) is 0 Å². The average Bonchev–Trinajstić information content (AvgIpc) is 2.77. The number of nitrogens with zero attached hydrogens (tertiary/aromatic N) is 1. The Balaban J connectivity index is 2.35. The Kier molecular flexibility index (Phi) is 4.04. The van der Waals surface area contributed by atoms with Crippen molar-refractivity contribution in [1.29, 1.82) is 0 Å². The van der Waals surface area contributed by atoms with E-state index in [-0.39, 0.29) is 0 Å². The van der Waals surface area contributed by atoms with Crippen LogP contribution in [0, 0.1) is 13.8 Å². The summed E-state index contributed by atoms with van der Waals surface area (Å²) in [6.07, 6.45) is 0. The summed E-state index contributed by atoms with van der Waals surface area (Å²) in [4.78, 5) is 4.62. The molecule has 0 amide bonds. The highest BCUT2D eigenvalue weighted by Gasteiger charge is 2.11. The van der Waals surface area contributed by atoms with E-state index in [9.17, 15) is 0 Å². The highest BCUT2D eigenvalue weighted by atomic mass is 32.1. The molecule has 0 unspecified atom stereocenters. The van der Waals surface area contributed by atoms with Gasteiger partial charge in [-0.15, -0.1) is 0 Å². The molecule has 4 nitrogen and oxygen atoms in total. The normalized spacial score (nSPS) is 10.9. The lowest BCUT2D eigenvalue weighted by atomic mass is 10.1. The van der Waals surface area contributed by atoms with E-state index in [1.165, 1.54) is 5.56 Å². The molecule has 0 saturated heterocycles. The minimum atomic E-state index is 0.678. The second-order valence-electron chi connectivity index (χ2n) is 4.11. The first-order valence-electron chi connectivity index (χ1n) is 5.85. The van der Waals surface area contributed by atoms with Crippen molar-refractivity contribution in [3.05, 3.63) is 17.2 Å². The summed E-state index contributed by atoms with van der Waals surface area (Å²) in [5.41, 5.74) is 3.39. The van der Waals surface area contributed by atoms with Gasteiger partial charge in [-0.1, -0.05) is 11.3 Å². The Labute approximate surface area is 111 Å². The molecule has 0 fully saturated rings. The van der Waals surface area contributed by atoms with Crippen LogP contribution >= 0.6 is 11.3 Å². The fraction of sp³-hybridized carbons (Fsp3) is 0.462. The van der Waals surface area contributed by atoms with Gasteiger partial charge < -0.3 is 14.8 Å². The predicted octanol–water partition coefficient (Wildman–Crippen LogP) is 2.98. The van der Waals surface area contributed by atoms with Crippen molar-refractivity contribution >= 4 is 26.7 Å². The number of aryl methyl sites for hydroxylation is 1. The van der Waals surface area contributed by atoms with Gasteiger partial charge in [0.05, 0.1) is 23.9 Å². The second kappa shape index (κ2) is 5.54. The molecule has 98 valence electrons. The number of nitrogens with one attached hydrogen (secondary N) is 1. The van der Waals surface area contributed by atoms with Gasteiger partial charge in [0.1, 0.15) is 5.75 Å². The van der Waals surface area contributed by atoms with Crippen LogP contribution < -0.4 is 10.1 Å². The van der Waals surface area contributed by atoms with Gasteiger partial charge in [-0.25, -0.2) is 4.98 Å². The average molecular weight is 266 g/mol. The Morgan fingerprint density at radius 1 is 1.28 bits per heavy atom. The van der Waals surface area contributed by atoms with Crippen LogP contribution in [0.15, 0.2) is 6.07 Å².